The SMILES string of the molecule is CCCCCCCCCCCCCCCCc1ccccc1OCC(COP(O)OCCC[N+](C)(C)C)OC=O. The molecule has 0 heterocycles. The molecular formula is C32H59NO6P+. The van der Waals surface area contributed by atoms with Crippen LogP contribution in [0, 0.1) is 0 Å². The number of carbonyl (C=O) groups excluding carboxylic acids is 1. The Morgan fingerprint density at radius 1 is 0.800 bits per heavy atom. The molecule has 0 spiro atoms. The van der Waals surface area contributed by atoms with Gasteiger partial charge in [0.2, 0.25) is 0 Å². The molecule has 0 aliphatic rings. The summed E-state index contributed by atoms with van der Waals surface area (Å²) in [6.45, 7) is 4.18. The number of para-hydroxylation sites is 1. The summed E-state index contributed by atoms with van der Waals surface area (Å²) in [7, 11) is 4.30. The lowest BCUT2D eigenvalue weighted by Gasteiger charge is -2.23. The van der Waals surface area contributed by atoms with E-state index in [1.807, 2.05) is 18.2 Å². The lowest BCUT2D eigenvalue weighted by atomic mass is 10.0. The number of hydrogen-bond acceptors (Lipinski definition) is 6. The molecule has 1 N–H and O–H groups in total. The zero-order valence-electron chi connectivity index (χ0n) is 26.0. The first-order valence-electron chi connectivity index (χ1n) is 15.7. The largest absolute Gasteiger partial charge is 0.489 e. The van der Waals surface area contributed by atoms with Gasteiger partial charge in [-0.1, -0.05) is 109 Å². The zero-order valence-corrected chi connectivity index (χ0v) is 26.9. The average molecular weight is 585 g/mol. The molecule has 7 nitrogen and oxygen atoms in total. The molecule has 2 atom stereocenters. The second-order valence-electron chi connectivity index (χ2n) is 11.9. The summed E-state index contributed by atoms with van der Waals surface area (Å²) in [6.07, 6.45) is 20.0. The summed E-state index contributed by atoms with van der Waals surface area (Å²) in [5, 5.41) is 0. The van der Waals surface area contributed by atoms with Crippen LogP contribution in [0.15, 0.2) is 24.3 Å². The summed E-state index contributed by atoms with van der Waals surface area (Å²) in [5.74, 6) is 0.805. The van der Waals surface area contributed by atoms with Crippen LogP contribution in [-0.4, -0.2) is 69.5 Å². The quantitative estimate of drug-likeness (QED) is 0.0466. The zero-order chi connectivity index (χ0) is 29.3. The maximum Gasteiger partial charge on any atom is 0.329 e. The normalized spacial score (nSPS) is 13.2. The van der Waals surface area contributed by atoms with Gasteiger partial charge in [-0.2, -0.15) is 0 Å². The number of unbranched alkanes of at least 4 members (excludes halogenated alkanes) is 13. The highest BCUT2D eigenvalue weighted by molar-refractivity contribution is 7.40. The smallest absolute Gasteiger partial charge is 0.329 e. The predicted octanol–water partition coefficient (Wildman–Crippen LogP) is 7.98. The van der Waals surface area contributed by atoms with Crippen molar-refractivity contribution in [3.63, 3.8) is 0 Å². The van der Waals surface area contributed by atoms with Crippen LogP contribution >= 0.6 is 8.60 Å². The molecule has 0 aromatic heterocycles. The Morgan fingerprint density at radius 2 is 1.38 bits per heavy atom. The van der Waals surface area contributed by atoms with Crippen molar-refractivity contribution in [2.45, 2.75) is 116 Å². The van der Waals surface area contributed by atoms with E-state index >= 15 is 0 Å². The van der Waals surface area contributed by atoms with E-state index < -0.39 is 14.7 Å². The standard InChI is InChI=1S/C32H59NO6P/c1-5-6-7-8-9-10-11-12-13-14-15-16-17-18-22-30-23-19-20-24-32(30)36-27-31(37-29-34)28-39-40(35)38-26-21-25-33(2,3)4/h19-20,23-24,29,31,35H,5-18,21-22,25-28H2,1-4H3/q+1. The first kappa shape index (κ1) is 36.8. The molecule has 232 valence electrons. The highest BCUT2D eigenvalue weighted by Crippen LogP contribution is 2.33. The molecule has 8 heteroatoms. The number of nitrogens with zero attached hydrogens (tertiary/aromatic N) is 1. The Bertz CT molecular complexity index is 730. The fraction of sp³-hybridized carbons (Fsp3) is 0.781. The Labute approximate surface area is 246 Å². The van der Waals surface area contributed by atoms with Gasteiger partial charge in [0.25, 0.3) is 6.47 Å². The third-order valence-electron chi connectivity index (χ3n) is 6.99. The Morgan fingerprint density at radius 3 is 1.95 bits per heavy atom. The monoisotopic (exact) mass is 584 g/mol. The summed E-state index contributed by atoms with van der Waals surface area (Å²) in [4.78, 5) is 21.0. The number of quaternary nitrogens is 1. The minimum Gasteiger partial charge on any atom is -0.489 e. The Kier molecular flexibility index (Phi) is 22.4. The van der Waals surface area contributed by atoms with E-state index in [9.17, 15) is 9.69 Å². The van der Waals surface area contributed by atoms with Crippen molar-refractivity contribution >= 4 is 15.1 Å². The third-order valence-corrected chi connectivity index (χ3v) is 7.76. The van der Waals surface area contributed by atoms with E-state index in [1.54, 1.807) is 0 Å². The second kappa shape index (κ2) is 24.4. The molecule has 40 heavy (non-hydrogen) atoms. The van der Waals surface area contributed by atoms with Crippen LogP contribution < -0.4 is 4.74 Å². The Balaban J connectivity index is 2.21. The van der Waals surface area contributed by atoms with Gasteiger partial charge in [0.05, 0.1) is 40.9 Å². The fourth-order valence-corrected chi connectivity index (χ4v) is 5.27. The molecule has 1 aromatic carbocycles. The predicted molar refractivity (Wildman–Crippen MR) is 165 cm³/mol. The van der Waals surface area contributed by atoms with Gasteiger partial charge in [-0.3, -0.25) is 4.79 Å². The maximum atomic E-state index is 11.0. The number of rotatable bonds is 28. The molecule has 0 aliphatic heterocycles. The van der Waals surface area contributed by atoms with Crippen molar-refractivity contribution in [2.24, 2.45) is 0 Å². The molecule has 0 aliphatic carbocycles. The lowest BCUT2D eigenvalue weighted by molar-refractivity contribution is -0.870. The van der Waals surface area contributed by atoms with Crippen molar-refractivity contribution in [2.75, 3.05) is 47.5 Å². The van der Waals surface area contributed by atoms with Crippen molar-refractivity contribution < 1.29 is 32.7 Å². The average Bonchev–Trinajstić information content (AvgIpc) is 2.93. The van der Waals surface area contributed by atoms with Crippen molar-refractivity contribution in [3.8, 4) is 5.75 Å². The highest BCUT2D eigenvalue weighted by atomic mass is 31.2. The lowest BCUT2D eigenvalue weighted by Crippen LogP contribution is -2.35. The highest BCUT2D eigenvalue weighted by Gasteiger charge is 2.17. The maximum absolute atomic E-state index is 11.0. The molecule has 0 radical (unpaired) electrons. The molecule has 0 fully saturated rings. The van der Waals surface area contributed by atoms with Crippen molar-refractivity contribution in [1.29, 1.82) is 0 Å². The van der Waals surface area contributed by atoms with Crippen LogP contribution in [0.2, 0.25) is 0 Å². The first-order valence-corrected chi connectivity index (χ1v) is 16.8. The van der Waals surface area contributed by atoms with E-state index in [0.717, 1.165) is 41.6 Å². The number of hydrogen-bond donors (Lipinski definition) is 1. The van der Waals surface area contributed by atoms with E-state index in [1.165, 1.54) is 83.5 Å². The van der Waals surface area contributed by atoms with Gasteiger partial charge < -0.3 is 27.9 Å². The number of carbonyl (C=O) groups is 1. The van der Waals surface area contributed by atoms with Crippen LogP contribution in [0.1, 0.15) is 109 Å². The van der Waals surface area contributed by atoms with Crippen LogP contribution in [-0.2, 0) is 25.0 Å². The minimum atomic E-state index is -2.02. The summed E-state index contributed by atoms with van der Waals surface area (Å²) < 4.78 is 22.7. The molecule has 1 aromatic rings. The Hall–Kier alpha value is -1.24. The van der Waals surface area contributed by atoms with Gasteiger partial charge in [-0.15, -0.1) is 0 Å². The number of ether oxygens (including phenoxy) is 2. The number of benzene rings is 1. The number of aryl methyl sites for hydroxylation is 1. The fourth-order valence-electron chi connectivity index (χ4n) is 4.61. The van der Waals surface area contributed by atoms with E-state index in [2.05, 4.69) is 34.1 Å². The summed E-state index contributed by atoms with van der Waals surface area (Å²) in [6, 6.07) is 8.03. The molecule has 0 saturated carbocycles. The third kappa shape index (κ3) is 21.5. The van der Waals surface area contributed by atoms with Crippen LogP contribution in [0.5, 0.6) is 5.75 Å². The molecule has 1 rings (SSSR count). The van der Waals surface area contributed by atoms with Crippen molar-refractivity contribution in [1.82, 2.24) is 0 Å². The van der Waals surface area contributed by atoms with Gasteiger partial charge in [0.15, 0.2) is 6.10 Å². The minimum absolute atomic E-state index is 0.0113. The molecule has 0 bridgehead atoms. The molecular weight excluding hydrogens is 525 g/mol. The topological polar surface area (TPSA) is 74.2 Å². The molecule has 2 unspecified atom stereocenters. The van der Waals surface area contributed by atoms with Crippen molar-refractivity contribution in [3.05, 3.63) is 29.8 Å². The summed E-state index contributed by atoms with van der Waals surface area (Å²) in [5.41, 5.74) is 1.16. The first-order chi connectivity index (χ1) is 19.4. The molecule has 0 amide bonds. The molecule has 0 saturated heterocycles. The van der Waals surface area contributed by atoms with Gasteiger partial charge in [-0.05, 0) is 24.5 Å². The van der Waals surface area contributed by atoms with Crippen LogP contribution in [0.4, 0.5) is 0 Å². The van der Waals surface area contributed by atoms with Crippen LogP contribution in [0.25, 0.3) is 0 Å². The van der Waals surface area contributed by atoms with E-state index in [-0.39, 0.29) is 13.2 Å². The second-order valence-corrected chi connectivity index (χ2v) is 12.8. The van der Waals surface area contributed by atoms with E-state index in [4.69, 9.17) is 18.5 Å². The van der Waals surface area contributed by atoms with E-state index in [0.29, 0.717) is 13.1 Å². The van der Waals surface area contributed by atoms with Gasteiger partial charge in [0.1, 0.15) is 12.4 Å². The van der Waals surface area contributed by atoms with Gasteiger partial charge in [0, 0.05) is 6.42 Å². The van der Waals surface area contributed by atoms with Gasteiger partial charge in [-0.25, -0.2) is 0 Å². The van der Waals surface area contributed by atoms with Gasteiger partial charge >= 0.3 is 8.60 Å². The van der Waals surface area contributed by atoms with Crippen LogP contribution in [0.3, 0.4) is 0 Å². The summed E-state index contributed by atoms with van der Waals surface area (Å²) >= 11 is 0.